The summed E-state index contributed by atoms with van der Waals surface area (Å²) >= 11 is 0. The van der Waals surface area contributed by atoms with Gasteiger partial charge in [-0.05, 0) is 37.0 Å². The van der Waals surface area contributed by atoms with Gasteiger partial charge in [0.2, 0.25) is 0 Å². The molecule has 0 aliphatic heterocycles. The van der Waals surface area contributed by atoms with Crippen LogP contribution < -0.4 is 0 Å². The monoisotopic (exact) mass is 180 g/mol. The number of aryl methyl sites for hydroxylation is 1. The lowest BCUT2D eigenvalue weighted by Gasteiger charge is -2.05. The summed E-state index contributed by atoms with van der Waals surface area (Å²) in [4.78, 5) is 0. The highest BCUT2D eigenvalue weighted by Crippen LogP contribution is 2.15. The van der Waals surface area contributed by atoms with Crippen LogP contribution >= 0.6 is 0 Å². The molecule has 1 heteroatoms. The molecule has 0 fully saturated rings. The standard InChI is InChI=1S/C12H17F/c1-3-4-5-8-11-10(2)7-6-9-12(11)13/h6-7,9H,3-5,8H2,1-2H3. The first-order valence-corrected chi connectivity index (χ1v) is 4.99. The Labute approximate surface area is 79.8 Å². The molecule has 1 aromatic rings. The smallest absolute Gasteiger partial charge is 0.126 e. The summed E-state index contributed by atoms with van der Waals surface area (Å²) in [5.74, 6) is -0.0453. The van der Waals surface area contributed by atoms with E-state index in [1.165, 1.54) is 12.8 Å². The second-order valence-electron chi connectivity index (χ2n) is 3.49. The van der Waals surface area contributed by atoms with Crippen molar-refractivity contribution in [2.24, 2.45) is 0 Å². The van der Waals surface area contributed by atoms with E-state index in [9.17, 15) is 4.39 Å². The van der Waals surface area contributed by atoms with Gasteiger partial charge in [0.05, 0.1) is 0 Å². The lowest BCUT2D eigenvalue weighted by Crippen LogP contribution is -1.94. The molecule has 1 rings (SSSR count). The zero-order valence-corrected chi connectivity index (χ0v) is 8.44. The number of hydrogen-bond donors (Lipinski definition) is 0. The van der Waals surface area contributed by atoms with Gasteiger partial charge in [-0.2, -0.15) is 0 Å². The molecule has 0 amide bonds. The highest BCUT2D eigenvalue weighted by molar-refractivity contribution is 5.27. The van der Waals surface area contributed by atoms with Crippen molar-refractivity contribution in [3.05, 3.63) is 35.1 Å². The van der Waals surface area contributed by atoms with E-state index < -0.39 is 0 Å². The molecule has 0 atom stereocenters. The van der Waals surface area contributed by atoms with Gasteiger partial charge in [-0.25, -0.2) is 4.39 Å². The Morgan fingerprint density at radius 1 is 1.23 bits per heavy atom. The van der Waals surface area contributed by atoms with E-state index in [0.29, 0.717) is 0 Å². The average Bonchev–Trinajstić information content (AvgIpc) is 2.10. The van der Waals surface area contributed by atoms with E-state index in [1.807, 2.05) is 13.0 Å². The molecular weight excluding hydrogens is 163 g/mol. The van der Waals surface area contributed by atoms with Crippen molar-refractivity contribution < 1.29 is 4.39 Å². The van der Waals surface area contributed by atoms with Gasteiger partial charge in [-0.3, -0.25) is 0 Å². The zero-order chi connectivity index (χ0) is 9.68. The third kappa shape index (κ3) is 2.83. The maximum atomic E-state index is 13.3. The van der Waals surface area contributed by atoms with Gasteiger partial charge in [0.15, 0.2) is 0 Å². The molecule has 0 saturated heterocycles. The van der Waals surface area contributed by atoms with E-state index in [4.69, 9.17) is 0 Å². The summed E-state index contributed by atoms with van der Waals surface area (Å²) < 4.78 is 13.3. The summed E-state index contributed by atoms with van der Waals surface area (Å²) in [6.07, 6.45) is 4.35. The molecule has 0 spiro atoms. The molecule has 0 aliphatic carbocycles. The fraction of sp³-hybridized carbons (Fsp3) is 0.500. The van der Waals surface area contributed by atoms with Crippen LogP contribution in [-0.4, -0.2) is 0 Å². The number of unbranched alkanes of at least 4 members (excludes halogenated alkanes) is 2. The van der Waals surface area contributed by atoms with Crippen molar-refractivity contribution in [1.29, 1.82) is 0 Å². The molecule has 0 nitrogen and oxygen atoms in total. The van der Waals surface area contributed by atoms with Crippen molar-refractivity contribution in [3.63, 3.8) is 0 Å². The largest absolute Gasteiger partial charge is 0.207 e. The van der Waals surface area contributed by atoms with Crippen LogP contribution in [0.1, 0.15) is 37.3 Å². The fourth-order valence-corrected chi connectivity index (χ4v) is 1.53. The molecule has 1 aromatic carbocycles. The predicted molar refractivity (Wildman–Crippen MR) is 54.4 cm³/mol. The van der Waals surface area contributed by atoms with Crippen LogP contribution in [0.25, 0.3) is 0 Å². The van der Waals surface area contributed by atoms with Gasteiger partial charge < -0.3 is 0 Å². The van der Waals surface area contributed by atoms with Crippen LogP contribution in [-0.2, 0) is 6.42 Å². The number of hydrogen-bond acceptors (Lipinski definition) is 0. The Hall–Kier alpha value is -0.850. The van der Waals surface area contributed by atoms with E-state index in [1.54, 1.807) is 12.1 Å². The van der Waals surface area contributed by atoms with Gasteiger partial charge in [-0.15, -0.1) is 0 Å². The average molecular weight is 180 g/mol. The van der Waals surface area contributed by atoms with E-state index in [-0.39, 0.29) is 5.82 Å². The highest BCUT2D eigenvalue weighted by atomic mass is 19.1. The zero-order valence-electron chi connectivity index (χ0n) is 8.44. The second-order valence-corrected chi connectivity index (χ2v) is 3.49. The minimum absolute atomic E-state index is 0.0453. The Morgan fingerprint density at radius 2 is 2.00 bits per heavy atom. The van der Waals surface area contributed by atoms with Crippen molar-refractivity contribution >= 4 is 0 Å². The number of halogens is 1. The van der Waals surface area contributed by atoms with Crippen molar-refractivity contribution in [2.75, 3.05) is 0 Å². The molecule has 72 valence electrons. The van der Waals surface area contributed by atoms with Gasteiger partial charge in [0, 0.05) is 0 Å². The first-order valence-electron chi connectivity index (χ1n) is 4.99. The first-order chi connectivity index (χ1) is 6.25. The number of rotatable bonds is 4. The minimum Gasteiger partial charge on any atom is -0.207 e. The van der Waals surface area contributed by atoms with E-state index >= 15 is 0 Å². The second kappa shape index (κ2) is 5.00. The molecular formula is C12H17F. The van der Waals surface area contributed by atoms with Crippen LogP contribution in [0.3, 0.4) is 0 Å². The lowest BCUT2D eigenvalue weighted by molar-refractivity contribution is 0.596. The Morgan fingerprint density at radius 3 is 2.62 bits per heavy atom. The predicted octanol–water partition coefficient (Wildman–Crippen LogP) is 3.87. The third-order valence-corrected chi connectivity index (χ3v) is 2.38. The molecule has 0 unspecified atom stereocenters. The molecule has 0 bridgehead atoms. The minimum atomic E-state index is -0.0453. The highest BCUT2D eigenvalue weighted by Gasteiger charge is 2.03. The van der Waals surface area contributed by atoms with E-state index in [2.05, 4.69) is 6.92 Å². The maximum Gasteiger partial charge on any atom is 0.126 e. The molecule has 0 aromatic heterocycles. The van der Waals surface area contributed by atoms with Gasteiger partial charge >= 0.3 is 0 Å². The quantitative estimate of drug-likeness (QED) is 0.617. The molecule has 0 aliphatic rings. The van der Waals surface area contributed by atoms with Gasteiger partial charge in [0.25, 0.3) is 0 Å². The van der Waals surface area contributed by atoms with Crippen LogP contribution in [0.15, 0.2) is 18.2 Å². The summed E-state index contributed by atoms with van der Waals surface area (Å²) in [6, 6.07) is 5.30. The van der Waals surface area contributed by atoms with Crippen molar-refractivity contribution in [3.8, 4) is 0 Å². The third-order valence-electron chi connectivity index (χ3n) is 2.38. The van der Waals surface area contributed by atoms with Crippen molar-refractivity contribution in [1.82, 2.24) is 0 Å². The Kier molecular flexibility index (Phi) is 3.94. The number of benzene rings is 1. The van der Waals surface area contributed by atoms with E-state index in [0.717, 1.165) is 24.0 Å². The summed E-state index contributed by atoms with van der Waals surface area (Å²) in [6.45, 7) is 4.14. The Bertz CT molecular complexity index is 246. The Balaban J connectivity index is 2.64. The summed E-state index contributed by atoms with van der Waals surface area (Å²) in [5.41, 5.74) is 1.98. The van der Waals surface area contributed by atoms with Gasteiger partial charge in [0.1, 0.15) is 5.82 Å². The van der Waals surface area contributed by atoms with Crippen LogP contribution in [0, 0.1) is 12.7 Å². The van der Waals surface area contributed by atoms with Crippen LogP contribution in [0.4, 0.5) is 4.39 Å². The normalized spacial score (nSPS) is 10.4. The SMILES string of the molecule is CCCCCc1c(C)cccc1F. The molecule has 0 heterocycles. The fourth-order valence-electron chi connectivity index (χ4n) is 1.53. The van der Waals surface area contributed by atoms with Crippen molar-refractivity contribution in [2.45, 2.75) is 39.5 Å². The molecule has 0 N–H and O–H groups in total. The summed E-state index contributed by atoms with van der Waals surface area (Å²) in [7, 11) is 0. The first kappa shape index (κ1) is 10.2. The topological polar surface area (TPSA) is 0 Å². The van der Waals surface area contributed by atoms with Gasteiger partial charge in [-0.1, -0.05) is 31.9 Å². The maximum absolute atomic E-state index is 13.3. The molecule has 0 radical (unpaired) electrons. The lowest BCUT2D eigenvalue weighted by atomic mass is 10.0. The van der Waals surface area contributed by atoms with Crippen LogP contribution in [0.5, 0.6) is 0 Å². The molecule has 13 heavy (non-hydrogen) atoms. The van der Waals surface area contributed by atoms with Crippen LogP contribution in [0.2, 0.25) is 0 Å². The molecule has 0 saturated carbocycles. The summed E-state index contributed by atoms with van der Waals surface area (Å²) in [5, 5.41) is 0.